The highest BCUT2D eigenvalue weighted by Gasteiger charge is 2.06. The number of nitrogens with one attached hydrogen (secondary N) is 1. The maximum absolute atomic E-state index is 13.3. The van der Waals surface area contributed by atoms with Gasteiger partial charge in [0, 0.05) is 6.42 Å². The highest BCUT2D eigenvalue weighted by molar-refractivity contribution is 5.76. The zero-order valence-corrected chi connectivity index (χ0v) is 9.86. The second-order valence-electron chi connectivity index (χ2n) is 3.95. The summed E-state index contributed by atoms with van der Waals surface area (Å²) in [4.78, 5) is 11.5. The maximum atomic E-state index is 13.3. The predicted octanol–water partition coefficient (Wildman–Crippen LogP) is 2.67. The fraction of sp³-hybridized carbons (Fsp3) is 0.214. The molecule has 1 N–H and O–H groups in total. The van der Waals surface area contributed by atoms with Crippen LogP contribution < -0.4 is 5.32 Å². The lowest BCUT2D eigenvalue weighted by Crippen LogP contribution is -2.22. The molecule has 0 saturated carbocycles. The van der Waals surface area contributed by atoms with E-state index in [0.717, 1.165) is 0 Å². The van der Waals surface area contributed by atoms with E-state index in [1.807, 2.05) is 0 Å². The van der Waals surface area contributed by atoms with E-state index in [1.165, 1.54) is 6.07 Å². The van der Waals surface area contributed by atoms with E-state index in [0.29, 0.717) is 24.3 Å². The van der Waals surface area contributed by atoms with Crippen molar-refractivity contribution in [2.24, 2.45) is 0 Å². The summed E-state index contributed by atoms with van der Waals surface area (Å²) in [7, 11) is 0. The first kappa shape index (κ1) is 12.4. The number of hydrogen-bond acceptors (Lipinski definition) is 2. The zero-order chi connectivity index (χ0) is 12.8. The first-order chi connectivity index (χ1) is 8.75. The molecule has 18 heavy (non-hydrogen) atoms. The van der Waals surface area contributed by atoms with Gasteiger partial charge < -0.3 is 9.73 Å². The second kappa shape index (κ2) is 6.00. The topological polar surface area (TPSA) is 42.2 Å². The van der Waals surface area contributed by atoms with Crippen LogP contribution in [0.3, 0.4) is 0 Å². The average molecular weight is 247 g/mol. The summed E-state index contributed by atoms with van der Waals surface area (Å²) in [6, 6.07) is 10.0. The number of aryl methyl sites for hydroxylation is 1. The van der Waals surface area contributed by atoms with Gasteiger partial charge in [-0.05, 0) is 30.2 Å². The molecule has 0 atom stereocenters. The number of carbonyl (C=O) groups excluding carboxylic acids is 1. The molecule has 0 aliphatic rings. The molecule has 0 fully saturated rings. The third kappa shape index (κ3) is 3.45. The molecule has 0 unspecified atom stereocenters. The smallest absolute Gasteiger partial charge is 0.220 e. The molecule has 2 rings (SSSR count). The lowest BCUT2D eigenvalue weighted by Gasteiger charge is -2.04. The molecule has 1 aromatic carbocycles. The van der Waals surface area contributed by atoms with Crippen LogP contribution in [0, 0.1) is 5.82 Å². The van der Waals surface area contributed by atoms with Gasteiger partial charge in [0.2, 0.25) is 5.91 Å². The van der Waals surface area contributed by atoms with Gasteiger partial charge in [-0.15, -0.1) is 0 Å². The van der Waals surface area contributed by atoms with Gasteiger partial charge >= 0.3 is 0 Å². The number of furan rings is 1. The Labute approximate surface area is 105 Å². The molecule has 0 radical (unpaired) electrons. The summed E-state index contributed by atoms with van der Waals surface area (Å²) in [5.41, 5.74) is 0.561. The highest BCUT2D eigenvalue weighted by atomic mass is 19.1. The summed E-state index contributed by atoms with van der Waals surface area (Å²) in [6.07, 6.45) is 2.22. The lowest BCUT2D eigenvalue weighted by molar-refractivity contribution is -0.121. The van der Waals surface area contributed by atoms with Crippen LogP contribution in [-0.2, 0) is 17.8 Å². The van der Waals surface area contributed by atoms with Gasteiger partial charge in [-0.3, -0.25) is 4.79 Å². The number of rotatable bonds is 5. The Kier molecular flexibility index (Phi) is 4.12. The number of carbonyl (C=O) groups is 1. The van der Waals surface area contributed by atoms with Crippen LogP contribution in [0.2, 0.25) is 0 Å². The molecular weight excluding hydrogens is 233 g/mol. The summed E-state index contributed by atoms with van der Waals surface area (Å²) >= 11 is 0. The van der Waals surface area contributed by atoms with E-state index >= 15 is 0 Å². The van der Waals surface area contributed by atoms with Gasteiger partial charge in [0.15, 0.2) is 0 Å². The molecule has 4 heteroatoms. The minimum absolute atomic E-state index is 0.116. The van der Waals surface area contributed by atoms with Gasteiger partial charge in [-0.2, -0.15) is 0 Å². The number of hydrogen-bond donors (Lipinski definition) is 1. The van der Waals surface area contributed by atoms with Gasteiger partial charge in [0.1, 0.15) is 11.6 Å². The molecule has 1 aromatic heterocycles. The quantitative estimate of drug-likeness (QED) is 0.882. The van der Waals surface area contributed by atoms with Gasteiger partial charge in [-0.25, -0.2) is 4.39 Å². The minimum atomic E-state index is -0.267. The Morgan fingerprint density at radius 2 is 2.06 bits per heavy atom. The molecule has 0 aliphatic carbocycles. The summed E-state index contributed by atoms with van der Waals surface area (Å²) in [5, 5.41) is 2.72. The number of halogens is 1. The van der Waals surface area contributed by atoms with E-state index in [2.05, 4.69) is 5.32 Å². The van der Waals surface area contributed by atoms with Crippen LogP contribution in [0.1, 0.15) is 17.7 Å². The van der Waals surface area contributed by atoms with Gasteiger partial charge in [-0.1, -0.05) is 18.2 Å². The number of benzene rings is 1. The molecule has 0 saturated heterocycles. The van der Waals surface area contributed by atoms with E-state index in [-0.39, 0.29) is 18.1 Å². The SMILES string of the molecule is O=C(CCc1ccccc1F)NCc1ccco1. The monoisotopic (exact) mass is 247 g/mol. The molecular formula is C14H14FNO2. The molecule has 2 aromatic rings. The fourth-order valence-electron chi connectivity index (χ4n) is 1.64. The van der Waals surface area contributed by atoms with Crippen LogP contribution in [0.4, 0.5) is 4.39 Å². The van der Waals surface area contributed by atoms with Crippen molar-refractivity contribution < 1.29 is 13.6 Å². The first-order valence-electron chi connectivity index (χ1n) is 5.78. The lowest BCUT2D eigenvalue weighted by atomic mass is 10.1. The summed E-state index contributed by atoms with van der Waals surface area (Å²) < 4.78 is 18.4. The molecule has 1 amide bonds. The molecule has 0 bridgehead atoms. The maximum Gasteiger partial charge on any atom is 0.220 e. The van der Waals surface area contributed by atoms with Crippen molar-refractivity contribution in [1.82, 2.24) is 5.32 Å². The van der Waals surface area contributed by atoms with E-state index in [1.54, 1.807) is 36.6 Å². The van der Waals surface area contributed by atoms with E-state index in [4.69, 9.17) is 4.42 Å². The van der Waals surface area contributed by atoms with E-state index in [9.17, 15) is 9.18 Å². The third-order valence-electron chi connectivity index (χ3n) is 2.62. The number of amides is 1. The highest BCUT2D eigenvalue weighted by Crippen LogP contribution is 2.08. The Balaban J connectivity index is 1.77. The van der Waals surface area contributed by atoms with Crippen LogP contribution in [0.5, 0.6) is 0 Å². The standard InChI is InChI=1S/C14H14FNO2/c15-13-6-2-1-4-11(13)7-8-14(17)16-10-12-5-3-9-18-12/h1-6,9H,7-8,10H2,(H,16,17). The zero-order valence-electron chi connectivity index (χ0n) is 9.86. The second-order valence-corrected chi connectivity index (χ2v) is 3.95. The Hall–Kier alpha value is -2.10. The minimum Gasteiger partial charge on any atom is -0.467 e. The van der Waals surface area contributed by atoms with Crippen molar-refractivity contribution >= 4 is 5.91 Å². The van der Waals surface area contributed by atoms with Crippen molar-refractivity contribution in [1.29, 1.82) is 0 Å². The predicted molar refractivity (Wildman–Crippen MR) is 65.3 cm³/mol. The average Bonchev–Trinajstić information content (AvgIpc) is 2.88. The van der Waals surface area contributed by atoms with Crippen LogP contribution in [-0.4, -0.2) is 5.91 Å². The Morgan fingerprint density at radius 3 is 2.78 bits per heavy atom. The fourth-order valence-corrected chi connectivity index (χ4v) is 1.64. The largest absolute Gasteiger partial charge is 0.467 e. The van der Waals surface area contributed by atoms with Crippen LogP contribution in [0.15, 0.2) is 47.1 Å². The van der Waals surface area contributed by atoms with Crippen molar-refractivity contribution in [3.63, 3.8) is 0 Å². The van der Waals surface area contributed by atoms with Gasteiger partial charge in [0.25, 0.3) is 0 Å². The molecule has 1 heterocycles. The van der Waals surface area contributed by atoms with Crippen molar-refractivity contribution in [3.05, 3.63) is 59.8 Å². The Bertz CT molecular complexity index is 508. The molecule has 0 aliphatic heterocycles. The summed E-state index contributed by atoms with van der Waals surface area (Å²) in [6.45, 7) is 0.364. The van der Waals surface area contributed by atoms with Crippen molar-refractivity contribution in [2.45, 2.75) is 19.4 Å². The molecule has 94 valence electrons. The van der Waals surface area contributed by atoms with Crippen LogP contribution in [0.25, 0.3) is 0 Å². The first-order valence-corrected chi connectivity index (χ1v) is 5.78. The van der Waals surface area contributed by atoms with Crippen molar-refractivity contribution in [3.8, 4) is 0 Å². The third-order valence-corrected chi connectivity index (χ3v) is 2.62. The van der Waals surface area contributed by atoms with Crippen molar-refractivity contribution in [2.75, 3.05) is 0 Å². The normalized spacial score (nSPS) is 10.3. The van der Waals surface area contributed by atoms with E-state index < -0.39 is 0 Å². The molecule has 3 nitrogen and oxygen atoms in total. The Morgan fingerprint density at radius 1 is 1.22 bits per heavy atom. The summed E-state index contributed by atoms with van der Waals surface area (Å²) in [5.74, 6) is 0.320. The van der Waals surface area contributed by atoms with Crippen LogP contribution >= 0.6 is 0 Å². The molecule has 0 spiro atoms. The van der Waals surface area contributed by atoms with Gasteiger partial charge in [0.05, 0.1) is 12.8 Å².